The first-order chi connectivity index (χ1) is 11.6. The Morgan fingerprint density at radius 1 is 1.00 bits per heavy atom. The fraction of sp³-hybridized carbons (Fsp3) is 0.200. The van der Waals surface area contributed by atoms with Crippen molar-refractivity contribution in [1.82, 2.24) is 9.88 Å². The van der Waals surface area contributed by atoms with Gasteiger partial charge in [0.2, 0.25) is 5.91 Å². The van der Waals surface area contributed by atoms with Gasteiger partial charge in [0, 0.05) is 28.7 Å². The highest BCUT2D eigenvalue weighted by molar-refractivity contribution is 6.08. The van der Waals surface area contributed by atoms with Crippen LogP contribution in [0.1, 0.15) is 28.5 Å². The molecule has 1 N–H and O–H groups in total. The van der Waals surface area contributed by atoms with Crippen molar-refractivity contribution >= 4 is 22.6 Å². The smallest absolute Gasteiger partial charge is 0.240 e. The number of hydrogen-bond donors (Lipinski definition) is 1. The lowest BCUT2D eigenvalue weighted by molar-refractivity contribution is -0.121. The molecule has 0 saturated heterocycles. The monoisotopic (exact) mass is 320 g/mol. The maximum absolute atomic E-state index is 12.3. The summed E-state index contributed by atoms with van der Waals surface area (Å²) in [5.41, 5.74) is 3.50. The molecule has 0 aliphatic heterocycles. The number of carbonyl (C=O) groups excluding carboxylic acids is 2. The van der Waals surface area contributed by atoms with Gasteiger partial charge in [-0.1, -0.05) is 48.5 Å². The van der Waals surface area contributed by atoms with Gasteiger partial charge in [-0.3, -0.25) is 9.59 Å². The van der Waals surface area contributed by atoms with Crippen molar-refractivity contribution < 1.29 is 9.59 Å². The Balaban J connectivity index is 1.83. The molecule has 0 radical (unpaired) electrons. The lowest BCUT2D eigenvalue weighted by Crippen LogP contribution is -2.27. The van der Waals surface area contributed by atoms with E-state index < -0.39 is 0 Å². The summed E-state index contributed by atoms with van der Waals surface area (Å²) in [6, 6.07) is 17.5. The Bertz CT molecular complexity index is 895. The van der Waals surface area contributed by atoms with Gasteiger partial charge in [-0.05, 0) is 25.5 Å². The number of nitrogens with one attached hydrogen (secondary N) is 1. The van der Waals surface area contributed by atoms with E-state index >= 15 is 0 Å². The van der Waals surface area contributed by atoms with Gasteiger partial charge in [-0.2, -0.15) is 0 Å². The van der Waals surface area contributed by atoms with Gasteiger partial charge in [0.05, 0.1) is 0 Å². The zero-order chi connectivity index (χ0) is 17.1. The molecule has 0 unspecified atom stereocenters. The largest absolute Gasteiger partial charge is 0.350 e. The van der Waals surface area contributed by atoms with Crippen LogP contribution in [0.2, 0.25) is 0 Å². The highest BCUT2D eigenvalue weighted by Gasteiger charge is 2.18. The summed E-state index contributed by atoms with van der Waals surface area (Å²) in [4.78, 5) is 24.3. The lowest BCUT2D eigenvalue weighted by Gasteiger charge is -2.09. The molecule has 1 amide bonds. The second kappa shape index (κ2) is 6.71. The van der Waals surface area contributed by atoms with Crippen LogP contribution in [0.25, 0.3) is 10.9 Å². The summed E-state index contributed by atoms with van der Waals surface area (Å²) in [6.45, 7) is 4.15. The zero-order valence-electron chi connectivity index (χ0n) is 13.9. The Hall–Kier alpha value is -2.88. The number of nitrogens with zero attached hydrogens (tertiary/aromatic N) is 1. The fourth-order valence-electron chi connectivity index (χ4n) is 3.08. The number of Topliss-reactive ketones (excluding diaryl/α,β-unsaturated/α-hetero) is 1. The molecular formula is C20H20N2O2. The minimum atomic E-state index is -0.0715. The average molecular weight is 320 g/mol. The van der Waals surface area contributed by atoms with Crippen LogP contribution in [-0.2, 0) is 17.9 Å². The topological polar surface area (TPSA) is 51.1 Å². The fourth-order valence-corrected chi connectivity index (χ4v) is 3.08. The molecular weight excluding hydrogens is 300 g/mol. The van der Waals surface area contributed by atoms with Crippen molar-refractivity contribution in [3.63, 3.8) is 0 Å². The summed E-state index contributed by atoms with van der Waals surface area (Å²) < 4.78 is 1.91. The van der Waals surface area contributed by atoms with E-state index in [-0.39, 0.29) is 18.2 Å². The van der Waals surface area contributed by atoms with Crippen molar-refractivity contribution in [2.75, 3.05) is 0 Å². The van der Waals surface area contributed by atoms with E-state index in [1.54, 1.807) is 6.92 Å². The van der Waals surface area contributed by atoms with Crippen LogP contribution in [0, 0.1) is 6.92 Å². The van der Waals surface area contributed by atoms with E-state index in [0.29, 0.717) is 12.1 Å². The zero-order valence-corrected chi connectivity index (χ0v) is 13.9. The predicted octanol–water partition coefficient (Wildman–Crippen LogP) is 3.47. The second-order valence-electron chi connectivity index (χ2n) is 5.88. The third-order valence-corrected chi connectivity index (χ3v) is 4.22. The van der Waals surface area contributed by atoms with E-state index in [0.717, 1.165) is 22.2 Å². The molecule has 0 fully saturated rings. The van der Waals surface area contributed by atoms with Crippen molar-refractivity contribution in [2.45, 2.75) is 26.9 Å². The SMILES string of the molecule is CC(=O)c1c(C)n(CC(=O)NCc2ccccc2)c2ccccc12. The third-order valence-electron chi connectivity index (χ3n) is 4.22. The Labute approximate surface area is 141 Å². The van der Waals surface area contributed by atoms with Crippen LogP contribution >= 0.6 is 0 Å². The van der Waals surface area contributed by atoms with Crippen LogP contribution in [0.3, 0.4) is 0 Å². The molecule has 0 bridgehead atoms. The quantitative estimate of drug-likeness (QED) is 0.732. The van der Waals surface area contributed by atoms with Gasteiger partial charge in [-0.15, -0.1) is 0 Å². The van der Waals surface area contributed by atoms with Gasteiger partial charge >= 0.3 is 0 Å². The first kappa shape index (κ1) is 16.0. The molecule has 24 heavy (non-hydrogen) atoms. The highest BCUT2D eigenvalue weighted by Crippen LogP contribution is 2.26. The lowest BCUT2D eigenvalue weighted by atomic mass is 10.1. The molecule has 1 heterocycles. The molecule has 3 rings (SSSR count). The first-order valence-electron chi connectivity index (χ1n) is 7.97. The summed E-state index contributed by atoms with van der Waals surface area (Å²) >= 11 is 0. The first-order valence-corrected chi connectivity index (χ1v) is 7.97. The number of ketones is 1. The second-order valence-corrected chi connectivity index (χ2v) is 5.88. The molecule has 0 spiro atoms. The van der Waals surface area contributed by atoms with Crippen LogP contribution in [0.15, 0.2) is 54.6 Å². The molecule has 122 valence electrons. The van der Waals surface area contributed by atoms with E-state index in [9.17, 15) is 9.59 Å². The van der Waals surface area contributed by atoms with Crippen LogP contribution in [-0.4, -0.2) is 16.3 Å². The van der Waals surface area contributed by atoms with Crippen molar-refractivity contribution in [3.8, 4) is 0 Å². The minimum absolute atomic E-state index is 0.0205. The van der Waals surface area contributed by atoms with Gasteiger partial charge in [0.25, 0.3) is 0 Å². The Kier molecular flexibility index (Phi) is 4.47. The molecule has 0 atom stereocenters. The number of benzene rings is 2. The summed E-state index contributed by atoms with van der Waals surface area (Å²) in [7, 11) is 0. The van der Waals surface area contributed by atoms with E-state index in [1.165, 1.54) is 0 Å². The maximum Gasteiger partial charge on any atom is 0.240 e. The maximum atomic E-state index is 12.3. The Morgan fingerprint density at radius 3 is 2.38 bits per heavy atom. The van der Waals surface area contributed by atoms with Crippen molar-refractivity contribution in [1.29, 1.82) is 0 Å². The Morgan fingerprint density at radius 2 is 1.67 bits per heavy atom. The van der Waals surface area contributed by atoms with Crippen molar-refractivity contribution in [3.05, 3.63) is 71.4 Å². The van der Waals surface area contributed by atoms with Crippen LogP contribution in [0.5, 0.6) is 0 Å². The third kappa shape index (κ3) is 3.08. The molecule has 0 aliphatic rings. The number of carbonyl (C=O) groups is 2. The van der Waals surface area contributed by atoms with Gasteiger partial charge in [0.1, 0.15) is 6.54 Å². The van der Waals surface area contributed by atoms with Crippen molar-refractivity contribution in [2.24, 2.45) is 0 Å². The van der Waals surface area contributed by atoms with Gasteiger partial charge < -0.3 is 9.88 Å². The predicted molar refractivity (Wildman–Crippen MR) is 95.0 cm³/mol. The minimum Gasteiger partial charge on any atom is -0.350 e. The summed E-state index contributed by atoms with van der Waals surface area (Å²) in [5, 5.41) is 3.83. The van der Waals surface area contributed by atoms with E-state index in [2.05, 4.69) is 5.32 Å². The molecule has 4 heteroatoms. The molecule has 1 aromatic heterocycles. The standard InChI is InChI=1S/C20H20N2O2/c1-14-20(15(2)23)17-10-6-7-11-18(17)22(14)13-19(24)21-12-16-8-4-3-5-9-16/h3-11H,12-13H2,1-2H3,(H,21,24). The van der Waals surface area contributed by atoms with Crippen LogP contribution in [0.4, 0.5) is 0 Å². The molecule has 0 saturated carbocycles. The number of hydrogen-bond acceptors (Lipinski definition) is 2. The van der Waals surface area contributed by atoms with E-state index in [1.807, 2.05) is 66.1 Å². The normalized spacial score (nSPS) is 10.8. The number of rotatable bonds is 5. The number of para-hydroxylation sites is 1. The summed E-state index contributed by atoms with van der Waals surface area (Å²) in [6.07, 6.45) is 0. The van der Waals surface area contributed by atoms with Crippen LogP contribution < -0.4 is 5.32 Å². The number of amides is 1. The number of aromatic nitrogens is 1. The van der Waals surface area contributed by atoms with Gasteiger partial charge in [0.15, 0.2) is 5.78 Å². The number of fused-ring (bicyclic) bond motifs is 1. The van der Waals surface area contributed by atoms with Gasteiger partial charge in [-0.25, -0.2) is 0 Å². The van der Waals surface area contributed by atoms with E-state index in [4.69, 9.17) is 0 Å². The highest BCUT2D eigenvalue weighted by atomic mass is 16.2. The molecule has 0 aliphatic carbocycles. The molecule has 3 aromatic rings. The molecule has 2 aromatic carbocycles. The average Bonchev–Trinajstić information content (AvgIpc) is 2.86. The molecule has 4 nitrogen and oxygen atoms in total. The summed E-state index contributed by atoms with van der Waals surface area (Å²) in [5.74, 6) is -0.0510.